The van der Waals surface area contributed by atoms with Gasteiger partial charge in [0.25, 0.3) is 0 Å². The van der Waals surface area contributed by atoms with Gasteiger partial charge in [-0.3, -0.25) is 9.69 Å². The molecule has 2 aliphatic rings. The molecule has 148 valence electrons. The zero-order valence-electron chi connectivity index (χ0n) is 15.2. The third-order valence-corrected chi connectivity index (χ3v) is 4.96. The van der Waals surface area contributed by atoms with E-state index in [1.807, 2.05) is 6.07 Å². The summed E-state index contributed by atoms with van der Waals surface area (Å²) >= 11 is 0. The van der Waals surface area contributed by atoms with Gasteiger partial charge in [-0.05, 0) is 49.3 Å². The lowest BCUT2D eigenvalue weighted by Crippen LogP contribution is -2.36. The molecule has 0 aromatic heterocycles. The highest BCUT2D eigenvalue weighted by Gasteiger charge is 2.20. The largest absolute Gasteiger partial charge is 0.393 e. The number of carbonyl (C=O) groups excluding carboxylic acids is 1. The van der Waals surface area contributed by atoms with Gasteiger partial charge >= 0.3 is 0 Å². The lowest BCUT2D eigenvalue weighted by atomic mass is 10.0. The Bertz CT molecular complexity index is 547. The summed E-state index contributed by atoms with van der Waals surface area (Å²) in [6.45, 7) is 4.71. The molecule has 1 saturated carbocycles. The van der Waals surface area contributed by atoms with E-state index in [-0.39, 0.29) is 36.8 Å². The van der Waals surface area contributed by atoms with Crippen LogP contribution < -0.4 is 10.6 Å². The van der Waals surface area contributed by atoms with Crippen LogP contribution in [-0.2, 0) is 17.9 Å². The molecule has 1 aliphatic heterocycles. The number of rotatable bonds is 8. The van der Waals surface area contributed by atoms with Crippen LogP contribution in [0.3, 0.4) is 0 Å². The summed E-state index contributed by atoms with van der Waals surface area (Å²) < 4.78 is 0. The quantitative estimate of drug-likeness (QED) is 0.621. The number of hydrogen-bond acceptors (Lipinski definition) is 4. The molecule has 0 atom stereocenters. The average Bonchev–Trinajstić information content (AvgIpc) is 3.40. The summed E-state index contributed by atoms with van der Waals surface area (Å²) in [5.41, 5.74) is 2.44. The van der Waals surface area contributed by atoms with Gasteiger partial charge in [-0.1, -0.05) is 24.3 Å². The number of piperidine rings is 1. The molecule has 7 heteroatoms. The predicted molar refractivity (Wildman–Crippen MR) is 109 cm³/mol. The summed E-state index contributed by atoms with van der Waals surface area (Å²) in [5.74, 6) is 0.855. The number of likely N-dealkylation sites (tertiary alicyclic amines) is 1. The van der Waals surface area contributed by atoms with Crippen LogP contribution in [0.1, 0.15) is 36.8 Å². The fourth-order valence-corrected chi connectivity index (χ4v) is 3.17. The number of halogens is 2. The van der Waals surface area contributed by atoms with Crippen LogP contribution in [0.25, 0.3) is 0 Å². The van der Waals surface area contributed by atoms with Crippen LogP contribution >= 0.6 is 24.8 Å². The fraction of sp³-hybridized carbons (Fsp3) is 0.632. The molecule has 1 aromatic carbocycles. The fourth-order valence-electron chi connectivity index (χ4n) is 3.17. The van der Waals surface area contributed by atoms with Crippen molar-refractivity contribution in [3.05, 3.63) is 35.4 Å². The molecule has 26 heavy (non-hydrogen) atoms. The van der Waals surface area contributed by atoms with Gasteiger partial charge in [0.15, 0.2) is 0 Å². The molecule has 1 aliphatic carbocycles. The van der Waals surface area contributed by atoms with Gasteiger partial charge in [0.05, 0.1) is 12.6 Å². The molecule has 0 spiro atoms. The Morgan fingerprint density at radius 1 is 1.08 bits per heavy atom. The van der Waals surface area contributed by atoms with Crippen LogP contribution in [0, 0.1) is 5.92 Å². The predicted octanol–water partition coefficient (Wildman–Crippen LogP) is 2.10. The first-order valence-corrected chi connectivity index (χ1v) is 9.15. The van der Waals surface area contributed by atoms with Crippen molar-refractivity contribution in [1.82, 2.24) is 15.5 Å². The van der Waals surface area contributed by atoms with Gasteiger partial charge in [0, 0.05) is 26.2 Å². The lowest BCUT2D eigenvalue weighted by Gasteiger charge is -2.30. The highest BCUT2D eigenvalue weighted by molar-refractivity contribution is 5.85. The number of nitrogens with one attached hydrogen (secondary N) is 2. The Labute approximate surface area is 168 Å². The van der Waals surface area contributed by atoms with Crippen molar-refractivity contribution in [3.8, 4) is 0 Å². The maximum atomic E-state index is 11.9. The van der Waals surface area contributed by atoms with Gasteiger partial charge in [-0.2, -0.15) is 0 Å². The molecule has 1 aromatic rings. The van der Waals surface area contributed by atoms with Crippen molar-refractivity contribution >= 4 is 30.7 Å². The molecular weight excluding hydrogens is 373 g/mol. The second kappa shape index (κ2) is 11.8. The third kappa shape index (κ3) is 7.80. The number of aliphatic hydroxyl groups excluding tert-OH is 1. The monoisotopic (exact) mass is 403 g/mol. The average molecular weight is 404 g/mol. The van der Waals surface area contributed by atoms with Crippen LogP contribution in [0.5, 0.6) is 0 Å². The van der Waals surface area contributed by atoms with Gasteiger partial charge < -0.3 is 15.7 Å². The summed E-state index contributed by atoms with van der Waals surface area (Å²) in [6, 6.07) is 8.30. The molecule has 1 heterocycles. The molecule has 1 amide bonds. The normalized spacial score (nSPS) is 17.9. The van der Waals surface area contributed by atoms with E-state index in [9.17, 15) is 9.90 Å². The zero-order chi connectivity index (χ0) is 16.8. The van der Waals surface area contributed by atoms with E-state index in [0.717, 1.165) is 44.9 Å². The third-order valence-electron chi connectivity index (χ3n) is 4.96. The van der Waals surface area contributed by atoms with E-state index < -0.39 is 0 Å². The molecule has 0 bridgehead atoms. The standard InChI is InChI=1S/C19H29N3O2.2ClH/c23-18-7-9-22(10-8-18)14-17-4-2-1-3-16(17)12-21-19(24)13-20-11-15-5-6-15;;/h1-4,15,18,20,23H,5-14H2,(H,21,24);2*1H. The van der Waals surface area contributed by atoms with E-state index in [0.29, 0.717) is 13.1 Å². The molecule has 3 rings (SSSR count). The van der Waals surface area contributed by atoms with Crippen molar-refractivity contribution < 1.29 is 9.90 Å². The molecular formula is C19H31Cl2N3O2. The minimum absolute atomic E-state index is 0. The summed E-state index contributed by atoms with van der Waals surface area (Å²) in [5, 5.41) is 15.9. The van der Waals surface area contributed by atoms with Crippen LogP contribution in [0.2, 0.25) is 0 Å². The molecule has 2 fully saturated rings. The Kier molecular flexibility index (Phi) is 10.5. The van der Waals surface area contributed by atoms with Crippen molar-refractivity contribution in [2.75, 3.05) is 26.2 Å². The van der Waals surface area contributed by atoms with Crippen molar-refractivity contribution in [1.29, 1.82) is 0 Å². The van der Waals surface area contributed by atoms with E-state index in [1.54, 1.807) is 0 Å². The number of aliphatic hydroxyl groups is 1. The summed E-state index contributed by atoms with van der Waals surface area (Å²) in [4.78, 5) is 14.3. The SMILES string of the molecule is Cl.Cl.O=C(CNCC1CC1)NCc1ccccc1CN1CCC(O)CC1. The van der Waals surface area contributed by atoms with E-state index in [4.69, 9.17) is 0 Å². The topological polar surface area (TPSA) is 64.6 Å². The molecule has 1 saturated heterocycles. The highest BCUT2D eigenvalue weighted by atomic mass is 35.5. The maximum Gasteiger partial charge on any atom is 0.234 e. The highest BCUT2D eigenvalue weighted by Crippen LogP contribution is 2.27. The first-order valence-electron chi connectivity index (χ1n) is 9.15. The second-order valence-corrected chi connectivity index (χ2v) is 7.13. The van der Waals surface area contributed by atoms with Crippen LogP contribution in [0.15, 0.2) is 24.3 Å². The minimum Gasteiger partial charge on any atom is -0.393 e. The smallest absolute Gasteiger partial charge is 0.234 e. The molecule has 0 radical (unpaired) electrons. The maximum absolute atomic E-state index is 11.9. The molecule has 5 nitrogen and oxygen atoms in total. The summed E-state index contributed by atoms with van der Waals surface area (Å²) in [7, 11) is 0. The second-order valence-electron chi connectivity index (χ2n) is 7.13. The summed E-state index contributed by atoms with van der Waals surface area (Å²) in [6.07, 6.45) is 4.17. The number of benzene rings is 1. The van der Waals surface area contributed by atoms with E-state index in [1.165, 1.54) is 24.0 Å². The number of nitrogens with zero attached hydrogens (tertiary/aromatic N) is 1. The van der Waals surface area contributed by atoms with Gasteiger partial charge in [-0.25, -0.2) is 0 Å². The molecule has 0 unspecified atom stereocenters. The molecule has 3 N–H and O–H groups in total. The van der Waals surface area contributed by atoms with Gasteiger partial charge in [0.2, 0.25) is 5.91 Å². The van der Waals surface area contributed by atoms with Crippen LogP contribution in [0.4, 0.5) is 0 Å². The Balaban J connectivity index is 0.00000169. The first-order chi connectivity index (χ1) is 11.7. The first kappa shape index (κ1) is 23.2. The zero-order valence-corrected chi connectivity index (χ0v) is 16.8. The lowest BCUT2D eigenvalue weighted by molar-refractivity contribution is -0.120. The minimum atomic E-state index is -0.140. The van der Waals surface area contributed by atoms with Crippen molar-refractivity contribution in [3.63, 3.8) is 0 Å². The Morgan fingerprint density at radius 2 is 1.73 bits per heavy atom. The Hall–Kier alpha value is -0.850. The number of carbonyl (C=O) groups is 1. The van der Waals surface area contributed by atoms with Crippen molar-refractivity contribution in [2.24, 2.45) is 5.92 Å². The number of amides is 1. The van der Waals surface area contributed by atoms with E-state index in [2.05, 4.69) is 33.7 Å². The van der Waals surface area contributed by atoms with Gasteiger partial charge in [0.1, 0.15) is 0 Å². The van der Waals surface area contributed by atoms with Crippen LogP contribution in [-0.4, -0.2) is 48.2 Å². The van der Waals surface area contributed by atoms with E-state index >= 15 is 0 Å². The Morgan fingerprint density at radius 3 is 2.38 bits per heavy atom. The van der Waals surface area contributed by atoms with Gasteiger partial charge in [-0.15, -0.1) is 24.8 Å². The van der Waals surface area contributed by atoms with Crippen molar-refractivity contribution in [2.45, 2.75) is 44.9 Å². The number of hydrogen-bond donors (Lipinski definition) is 3.